The van der Waals surface area contributed by atoms with Crippen LogP contribution >= 0.6 is 12.4 Å². The zero-order valence-corrected chi connectivity index (χ0v) is 15.2. The Morgan fingerprint density at radius 1 is 1.21 bits per heavy atom. The van der Waals surface area contributed by atoms with E-state index < -0.39 is 10.0 Å². The minimum atomic E-state index is -3.61. The summed E-state index contributed by atoms with van der Waals surface area (Å²) in [5.74, 6) is 0.333. The normalized spacial score (nSPS) is 17.4. The summed E-state index contributed by atoms with van der Waals surface area (Å²) in [6, 6.07) is 6.79. The van der Waals surface area contributed by atoms with Crippen molar-refractivity contribution in [3.05, 3.63) is 36.7 Å². The molecule has 24 heavy (non-hydrogen) atoms. The molecule has 1 unspecified atom stereocenters. The molecule has 1 aromatic carbocycles. The van der Waals surface area contributed by atoms with Gasteiger partial charge in [-0.15, -0.1) is 12.4 Å². The quantitative estimate of drug-likeness (QED) is 0.848. The fourth-order valence-electron chi connectivity index (χ4n) is 3.46. The van der Waals surface area contributed by atoms with E-state index >= 15 is 0 Å². The van der Waals surface area contributed by atoms with E-state index in [1.807, 2.05) is 6.07 Å². The van der Waals surface area contributed by atoms with Gasteiger partial charge in [-0.1, -0.05) is 31.4 Å². The number of nitrogens with two attached hydrogens (primary N) is 1. The minimum Gasteiger partial charge on any atom is -0.329 e. The molecule has 1 aliphatic carbocycles. The van der Waals surface area contributed by atoms with Crippen LogP contribution in [0.5, 0.6) is 0 Å². The van der Waals surface area contributed by atoms with Crippen molar-refractivity contribution < 1.29 is 8.42 Å². The predicted octanol–water partition coefficient (Wildman–Crippen LogP) is 2.84. The van der Waals surface area contributed by atoms with Crippen LogP contribution in [0.15, 0.2) is 41.6 Å². The minimum absolute atomic E-state index is 0. The van der Waals surface area contributed by atoms with Gasteiger partial charge in [-0.3, -0.25) is 4.98 Å². The Hall–Kier alpha value is -1.21. The molecular formula is C17H24ClN3O2S. The zero-order chi connectivity index (χ0) is 16.3. The lowest BCUT2D eigenvalue weighted by atomic mass is 9.84. The molecule has 0 spiro atoms. The molecule has 1 aromatic heterocycles. The van der Waals surface area contributed by atoms with Gasteiger partial charge in [0, 0.05) is 35.8 Å². The average molecular weight is 370 g/mol. The van der Waals surface area contributed by atoms with Crippen LogP contribution in [0.1, 0.15) is 32.1 Å². The number of halogens is 1. The van der Waals surface area contributed by atoms with Gasteiger partial charge in [0.2, 0.25) is 10.0 Å². The van der Waals surface area contributed by atoms with Crippen molar-refractivity contribution >= 4 is 33.2 Å². The van der Waals surface area contributed by atoms with Crippen molar-refractivity contribution in [3.8, 4) is 0 Å². The fourth-order valence-corrected chi connectivity index (χ4v) is 5.01. The van der Waals surface area contributed by atoms with Crippen molar-refractivity contribution in [2.24, 2.45) is 11.7 Å². The van der Waals surface area contributed by atoms with Crippen LogP contribution in [0.3, 0.4) is 0 Å². The first-order valence-electron chi connectivity index (χ1n) is 8.17. The maximum atomic E-state index is 12.9. The first-order chi connectivity index (χ1) is 11.1. The molecule has 3 rings (SSSR count). The van der Waals surface area contributed by atoms with Gasteiger partial charge in [0.15, 0.2) is 0 Å². The Morgan fingerprint density at radius 3 is 2.67 bits per heavy atom. The molecule has 7 heteroatoms. The monoisotopic (exact) mass is 369 g/mol. The highest BCUT2D eigenvalue weighted by Gasteiger charge is 2.28. The molecule has 0 radical (unpaired) electrons. The van der Waals surface area contributed by atoms with Crippen molar-refractivity contribution in [1.29, 1.82) is 0 Å². The fraction of sp³-hybridized carbons (Fsp3) is 0.471. The SMILES string of the molecule is Cl.NCC(NS(=O)(=O)c1cccc2cnccc12)C1CCCCC1. The molecule has 5 nitrogen and oxygen atoms in total. The summed E-state index contributed by atoms with van der Waals surface area (Å²) < 4.78 is 28.6. The highest BCUT2D eigenvalue weighted by Crippen LogP contribution is 2.28. The number of fused-ring (bicyclic) bond motifs is 1. The first-order valence-corrected chi connectivity index (χ1v) is 9.65. The third-order valence-corrected chi connectivity index (χ3v) is 6.26. The van der Waals surface area contributed by atoms with Gasteiger partial charge < -0.3 is 5.73 Å². The maximum Gasteiger partial charge on any atom is 0.241 e. The van der Waals surface area contributed by atoms with E-state index in [2.05, 4.69) is 9.71 Å². The Balaban J connectivity index is 0.00000208. The number of benzene rings is 1. The number of hydrogen-bond acceptors (Lipinski definition) is 4. The summed E-state index contributed by atoms with van der Waals surface area (Å²) in [6.07, 6.45) is 8.93. The van der Waals surface area contributed by atoms with E-state index in [-0.39, 0.29) is 18.4 Å². The molecule has 1 heterocycles. The van der Waals surface area contributed by atoms with Gasteiger partial charge in [-0.2, -0.15) is 0 Å². The summed E-state index contributed by atoms with van der Waals surface area (Å²) in [7, 11) is -3.61. The highest BCUT2D eigenvalue weighted by atomic mass is 35.5. The van der Waals surface area contributed by atoms with Gasteiger partial charge in [0.25, 0.3) is 0 Å². The van der Waals surface area contributed by atoms with E-state index in [1.54, 1.807) is 30.6 Å². The predicted molar refractivity (Wildman–Crippen MR) is 98.7 cm³/mol. The largest absolute Gasteiger partial charge is 0.329 e. The molecule has 2 aromatic rings. The molecule has 0 bridgehead atoms. The number of sulfonamides is 1. The number of hydrogen-bond donors (Lipinski definition) is 2. The lowest BCUT2D eigenvalue weighted by molar-refractivity contribution is 0.294. The van der Waals surface area contributed by atoms with Crippen molar-refractivity contribution in [1.82, 2.24) is 9.71 Å². The molecule has 132 valence electrons. The number of pyridine rings is 1. The van der Waals surface area contributed by atoms with Crippen molar-refractivity contribution in [3.63, 3.8) is 0 Å². The molecule has 1 aliphatic rings. The Bertz CT molecular complexity index is 771. The van der Waals surface area contributed by atoms with Crippen LogP contribution in [0.4, 0.5) is 0 Å². The number of nitrogens with zero attached hydrogens (tertiary/aromatic N) is 1. The van der Waals surface area contributed by atoms with Gasteiger partial charge >= 0.3 is 0 Å². The summed E-state index contributed by atoms with van der Waals surface area (Å²) in [6.45, 7) is 0.330. The van der Waals surface area contributed by atoms with Gasteiger partial charge in [0.05, 0.1) is 4.90 Å². The Labute approximate surface area is 149 Å². The van der Waals surface area contributed by atoms with Crippen molar-refractivity contribution in [2.75, 3.05) is 6.54 Å². The summed E-state index contributed by atoms with van der Waals surface area (Å²) in [5.41, 5.74) is 5.86. The van der Waals surface area contributed by atoms with Crippen LogP contribution in [0.2, 0.25) is 0 Å². The van der Waals surface area contributed by atoms with Crippen LogP contribution in [0.25, 0.3) is 10.8 Å². The van der Waals surface area contributed by atoms with Crippen LogP contribution in [0, 0.1) is 5.92 Å². The molecule has 0 saturated heterocycles. The van der Waals surface area contributed by atoms with E-state index in [0.29, 0.717) is 22.7 Å². The Kier molecular flexibility index (Phi) is 6.57. The third kappa shape index (κ3) is 4.06. The smallest absolute Gasteiger partial charge is 0.241 e. The van der Waals surface area contributed by atoms with Gasteiger partial charge in [-0.25, -0.2) is 13.1 Å². The number of nitrogens with one attached hydrogen (secondary N) is 1. The van der Waals surface area contributed by atoms with E-state index in [1.165, 1.54) is 6.42 Å². The summed E-state index contributed by atoms with van der Waals surface area (Å²) >= 11 is 0. The van der Waals surface area contributed by atoms with Crippen LogP contribution in [-0.2, 0) is 10.0 Å². The van der Waals surface area contributed by atoms with Crippen molar-refractivity contribution in [2.45, 2.75) is 43.0 Å². The molecular weight excluding hydrogens is 346 g/mol. The second-order valence-electron chi connectivity index (χ2n) is 6.21. The highest BCUT2D eigenvalue weighted by molar-refractivity contribution is 7.89. The molecule has 1 saturated carbocycles. The molecule has 0 aliphatic heterocycles. The summed E-state index contributed by atoms with van der Waals surface area (Å²) in [5, 5.41) is 1.51. The molecule has 1 atom stereocenters. The van der Waals surface area contributed by atoms with Crippen LogP contribution < -0.4 is 10.5 Å². The molecule has 3 N–H and O–H groups in total. The van der Waals surface area contributed by atoms with E-state index in [0.717, 1.165) is 31.1 Å². The number of aromatic nitrogens is 1. The lowest BCUT2D eigenvalue weighted by Crippen LogP contribution is -2.45. The van der Waals surface area contributed by atoms with E-state index in [9.17, 15) is 8.42 Å². The topological polar surface area (TPSA) is 85.1 Å². The van der Waals surface area contributed by atoms with Gasteiger partial charge in [-0.05, 0) is 30.9 Å². The first kappa shape index (κ1) is 19.1. The lowest BCUT2D eigenvalue weighted by Gasteiger charge is -2.30. The second-order valence-corrected chi connectivity index (χ2v) is 7.90. The molecule has 0 amide bonds. The molecule has 1 fully saturated rings. The second kappa shape index (κ2) is 8.25. The standard InChI is InChI=1S/C17H23N3O2S.ClH/c18-11-16(13-5-2-1-3-6-13)20-23(21,22)17-8-4-7-14-12-19-10-9-15(14)17;/h4,7-10,12-13,16,20H,1-3,5-6,11,18H2;1H. The third-order valence-electron chi connectivity index (χ3n) is 4.71. The number of rotatable bonds is 5. The zero-order valence-electron chi connectivity index (χ0n) is 13.5. The maximum absolute atomic E-state index is 12.9. The van der Waals surface area contributed by atoms with Crippen LogP contribution in [-0.4, -0.2) is 26.0 Å². The van der Waals surface area contributed by atoms with Gasteiger partial charge in [0.1, 0.15) is 0 Å². The summed E-state index contributed by atoms with van der Waals surface area (Å²) in [4.78, 5) is 4.35. The van der Waals surface area contributed by atoms with E-state index in [4.69, 9.17) is 5.73 Å². The Morgan fingerprint density at radius 2 is 1.96 bits per heavy atom. The average Bonchev–Trinajstić information content (AvgIpc) is 2.60.